The molecule has 2 nitrogen and oxygen atoms in total. The van der Waals surface area contributed by atoms with E-state index in [0.717, 1.165) is 25.7 Å². The summed E-state index contributed by atoms with van der Waals surface area (Å²) in [7, 11) is 0. The number of rotatable bonds is 9. The molecule has 0 aliphatic carbocycles. The molecule has 0 saturated heterocycles. The summed E-state index contributed by atoms with van der Waals surface area (Å²) in [4.78, 5) is 11.4. The quantitative estimate of drug-likeness (QED) is 0.713. The number of carboxylic acid groups (broad SMARTS) is 1. The van der Waals surface area contributed by atoms with Crippen molar-refractivity contribution in [3.8, 4) is 0 Å². The molecule has 0 saturated carbocycles. The number of benzene rings is 1. The van der Waals surface area contributed by atoms with Gasteiger partial charge >= 0.3 is 5.97 Å². The Morgan fingerprint density at radius 2 is 2.00 bits per heavy atom. The third kappa shape index (κ3) is 5.32. The van der Waals surface area contributed by atoms with E-state index in [0.29, 0.717) is 17.9 Å². The maximum atomic E-state index is 13.6. The van der Waals surface area contributed by atoms with Gasteiger partial charge in [0.1, 0.15) is 5.82 Å². The first-order valence-corrected chi connectivity index (χ1v) is 7.54. The van der Waals surface area contributed by atoms with Gasteiger partial charge in [-0.1, -0.05) is 57.7 Å². The second kappa shape index (κ2) is 8.72. The molecule has 20 heavy (non-hydrogen) atoms. The Bertz CT molecular complexity index is 417. The SMILES string of the molecule is CCCCC(CC)CC(Cc1ccccc1F)C(=O)O. The molecule has 112 valence electrons. The molecule has 0 amide bonds. The first-order chi connectivity index (χ1) is 9.58. The van der Waals surface area contributed by atoms with Crippen molar-refractivity contribution in [1.29, 1.82) is 0 Å². The van der Waals surface area contributed by atoms with Gasteiger partial charge in [-0.3, -0.25) is 4.79 Å². The van der Waals surface area contributed by atoms with E-state index in [-0.39, 0.29) is 12.2 Å². The van der Waals surface area contributed by atoms with Crippen LogP contribution in [0.15, 0.2) is 24.3 Å². The zero-order valence-electron chi connectivity index (χ0n) is 12.4. The van der Waals surface area contributed by atoms with Crippen molar-refractivity contribution >= 4 is 5.97 Å². The summed E-state index contributed by atoms with van der Waals surface area (Å²) in [5.74, 6) is -1.19. The zero-order valence-corrected chi connectivity index (χ0v) is 12.4. The van der Waals surface area contributed by atoms with Gasteiger partial charge in [-0.15, -0.1) is 0 Å². The molecule has 0 aliphatic rings. The monoisotopic (exact) mass is 280 g/mol. The van der Waals surface area contributed by atoms with Crippen molar-refractivity contribution < 1.29 is 14.3 Å². The molecule has 0 aromatic heterocycles. The summed E-state index contributed by atoms with van der Waals surface area (Å²) < 4.78 is 13.6. The fraction of sp³-hybridized carbons (Fsp3) is 0.588. The Labute approximate surface area is 121 Å². The van der Waals surface area contributed by atoms with Gasteiger partial charge in [-0.2, -0.15) is 0 Å². The van der Waals surface area contributed by atoms with Gasteiger partial charge in [0.05, 0.1) is 5.92 Å². The predicted molar refractivity (Wildman–Crippen MR) is 79.2 cm³/mol. The summed E-state index contributed by atoms with van der Waals surface area (Å²) in [6, 6.07) is 6.46. The van der Waals surface area contributed by atoms with Crippen LogP contribution in [0.3, 0.4) is 0 Å². The Hall–Kier alpha value is -1.38. The summed E-state index contributed by atoms with van der Waals surface area (Å²) in [5, 5.41) is 9.37. The Balaban J connectivity index is 2.69. The first kappa shape index (κ1) is 16.7. The third-order valence-corrected chi connectivity index (χ3v) is 3.93. The number of carbonyl (C=O) groups is 1. The molecule has 1 aromatic rings. The molecular weight excluding hydrogens is 255 g/mol. The van der Waals surface area contributed by atoms with Crippen LogP contribution in [0, 0.1) is 17.7 Å². The van der Waals surface area contributed by atoms with Gasteiger partial charge in [-0.05, 0) is 30.4 Å². The number of halogens is 1. The standard InChI is InChI=1S/C17H25FO2/c1-3-5-8-13(4-2)11-15(17(19)20)12-14-9-6-7-10-16(14)18/h6-7,9-10,13,15H,3-5,8,11-12H2,1-2H3,(H,19,20). The highest BCUT2D eigenvalue weighted by atomic mass is 19.1. The lowest BCUT2D eigenvalue weighted by atomic mass is 9.85. The van der Waals surface area contributed by atoms with E-state index in [1.807, 2.05) is 0 Å². The lowest BCUT2D eigenvalue weighted by molar-refractivity contribution is -0.142. The number of unbranched alkanes of at least 4 members (excludes halogenated alkanes) is 1. The second-order valence-corrected chi connectivity index (χ2v) is 5.48. The van der Waals surface area contributed by atoms with Crippen LogP contribution in [-0.2, 0) is 11.2 Å². The van der Waals surface area contributed by atoms with E-state index in [9.17, 15) is 14.3 Å². The first-order valence-electron chi connectivity index (χ1n) is 7.54. The van der Waals surface area contributed by atoms with Gasteiger partial charge in [0.15, 0.2) is 0 Å². The van der Waals surface area contributed by atoms with E-state index in [1.165, 1.54) is 6.07 Å². The second-order valence-electron chi connectivity index (χ2n) is 5.48. The van der Waals surface area contributed by atoms with Crippen molar-refractivity contribution in [2.24, 2.45) is 11.8 Å². The van der Waals surface area contributed by atoms with E-state index in [1.54, 1.807) is 18.2 Å². The van der Waals surface area contributed by atoms with Crippen LogP contribution in [0.1, 0.15) is 51.5 Å². The van der Waals surface area contributed by atoms with E-state index in [4.69, 9.17) is 0 Å². The van der Waals surface area contributed by atoms with Crippen molar-refractivity contribution in [3.05, 3.63) is 35.6 Å². The highest BCUT2D eigenvalue weighted by Crippen LogP contribution is 2.25. The van der Waals surface area contributed by atoms with Crippen LogP contribution >= 0.6 is 0 Å². The van der Waals surface area contributed by atoms with Gasteiger partial charge in [0.25, 0.3) is 0 Å². The van der Waals surface area contributed by atoms with Crippen molar-refractivity contribution in [3.63, 3.8) is 0 Å². The van der Waals surface area contributed by atoms with E-state index in [2.05, 4.69) is 13.8 Å². The van der Waals surface area contributed by atoms with Crippen LogP contribution < -0.4 is 0 Å². The Morgan fingerprint density at radius 3 is 2.55 bits per heavy atom. The molecule has 1 aromatic carbocycles. The maximum Gasteiger partial charge on any atom is 0.306 e. The van der Waals surface area contributed by atoms with Gasteiger partial charge in [0, 0.05) is 0 Å². The summed E-state index contributed by atoms with van der Waals surface area (Å²) in [5.41, 5.74) is 0.505. The topological polar surface area (TPSA) is 37.3 Å². The third-order valence-electron chi connectivity index (χ3n) is 3.93. The largest absolute Gasteiger partial charge is 0.481 e. The van der Waals surface area contributed by atoms with E-state index < -0.39 is 11.9 Å². The maximum absolute atomic E-state index is 13.6. The molecule has 1 N–H and O–H groups in total. The normalized spacial score (nSPS) is 13.9. The Morgan fingerprint density at radius 1 is 1.30 bits per heavy atom. The average Bonchev–Trinajstić information content (AvgIpc) is 2.44. The molecule has 0 spiro atoms. The minimum atomic E-state index is -0.816. The zero-order chi connectivity index (χ0) is 15.0. The minimum absolute atomic E-state index is 0.282. The minimum Gasteiger partial charge on any atom is -0.481 e. The molecular formula is C17H25FO2. The molecule has 2 atom stereocenters. The van der Waals surface area contributed by atoms with E-state index >= 15 is 0 Å². The fourth-order valence-electron chi connectivity index (χ4n) is 2.58. The molecule has 0 fully saturated rings. The number of aliphatic carboxylic acids is 1. The van der Waals surface area contributed by atoms with Crippen LogP contribution in [0.4, 0.5) is 4.39 Å². The summed E-state index contributed by atoms with van der Waals surface area (Å²) in [6.45, 7) is 4.24. The van der Waals surface area contributed by atoms with Crippen LogP contribution in [0.5, 0.6) is 0 Å². The van der Waals surface area contributed by atoms with Gasteiger partial charge < -0.3 is 5.11 Å². The smallest absolute Gasteiger partial charge is 0.306 e. The lowest BCUT2D eigenvalue weighted by Crippen LogP contribution is -2.20. The van der Waals surface area contributed by atoms with Crippen LogP contribution in [-0.4, -0.2) is 11.1 Å². The number of hydrogen-bond donors (Lipinski definition) is 1. The molecule has 1 rings (SSSR count). The molecule has 0 heterocycles. The molecule has 0 bridgehead atoms. The van der Waals surface area contributed by atoms with Crippen molar-refractivity contribution in [2.75, 3.05) is 0 Å². The summed E-state index contributed by atoms with van der Waals surface area (Å²) in [6.07, 6.45) is 5.23. The average molecular weight is 280 g/mol. The van der Waals surface area contributed by atoms with Crippen LogP contribution in [0.25, 0.3) is 0 Å². The van der Waals surface area contributed by atoms with Gasteiger partial charge in [-0.25, -0.2) is 4.39 Å². The van der Waals surface area contributed by atoms with Gasteiger partial charge in [0.2, 0.25) is 0 Å². The fourth-order valence-corrected chi connectivity index (χ4v) is 2.58. The molecule has 0 aliphatic heterocycles. The van der Waals surface area contributed by atoms with Crippen molar-refractivity contribution in [2.45, 2.75) is 52.4 Å². The highest BCUT2D eigenvalue weighted by Gasteiger charge is 2.23. The number of carboxylic acids is 1. The predicted octanol–water partition coefficient (Wildman–Crippen LogP) is 4.68. The molecule has 0 radical (unpaired) electrons. The Kier molecular flexibility index (Phi) is 7.27. The highest BCUT2D eigenvalue weighted by molar-refractivity contribution is 5.70. The van der Waals surface area contributed by atoms with Crippen LogP contribution in [0.2, 0.25) is 0 Å². The molecule has 3 heteroatoms. The summed E-state index contributed by atoms with van der Waals surface area (Å²) >= 11 is 0. The lowest BCUT2D eigenvalue weighted by Gasteiger charge is -2.20. The number of hydrogen-bond acceptors (Lipinski definition) is 1. The van der Waals surface area contributed by atoms with Crippen molar-refractivity contribution in [1.82, 2.24) is 0 Å². The molecule has 2 unspecified atom stereocenters.